The maximum atomic E-state index is 12.5. The van der Waals surface area contributed by atoms with Crippen LogP contribution in [-0.2, 0) is 12.2 Å². The first-order valence-electron chi connectivity index (χ1n) is 9.34. The first kappa shape index (κ1) is 19.7. The van der Waals surface area contributed by atoms with E-state index in [1.54, 1.807) is 18.7 Å². The van der Waals surface area contributed by atoms with E-state index in [2.05, 4.69) is 50.4 Å². The van der Waals surface area contributed by atoms with Crippen LogP contribution in [0.2, 0.25) is 0 Å². The molecule has 0 spiro atoms. The maximum absolute atomic E-state index is 12.5. The summed E-state index contributed by atoms with van der Waals surface area (Å²) in [6.45, 7) is 8.56. The zero-order valence-corrected chi connectivity index (χ0v) is 17.3. The fraction of sp³-hybridized carbons (Fsp3) is 0.455. The van der Waals surface area contributed by atoms with Gasteiger partial charge in [0.25, 0.3) is 5.91 Å². The number of hydrogen-bond donors (Lipinski definition) is 1. The number of hydrogen-bond acceptors (Lipinski definition) is 4. The molecule has 1 aliphatic carbocycles. The summed E-state index contributed by atoms with van der Waals surface area (Å²) in [5, 5.41) is 2.92. The van der Waals surface area contributed by atoms with Crippen LogP contribution >= 0.6 is 11.8 Å². The van der Waals surface area contributed by atoms with Gasteiger partial charge in [-0.3, -0.25) is 9.59 Å². The Balaban J connectivity index is 1.53. The number of furan rings is 1. The van der Waals surface area contributed by atoms with Gasteiger partial charge in [-0.1, -0.05) is 43.7 Å². The molecule has 0 radical (unpaired) electrons. The highest BCUT2D eigenvalue weighted by Gasteiger charge is 2.36. The van der Waals surface area contributed by atoms with Gasteiger partial charge in [-0.15, -0.1) is 0 Å². The van der Waals surface area contributed by atoms with Crippen LogP contribution in [-0.4, -0.2) is 24.0 Å². The summed E-state index contributed by atoms with van der Waals surface area (Å²) in [5.74, 6) is 2.54. The summed E-state index contributed by atoms with van der Waals surface area (Å²) in [6, 6.07) is 8.50. The van der Waals surface area contributed by atoms with Crippen molar-refractivity contribution in [2.45, 2.75) is 46.3 Å². The molecule has 0 unspecified atom stereocenters. The SMILES string of the molecule is Cc1ccc(CSCCNC(=O)c2oc3c(c2C)C(=O)CC(C)(C)C3)cc1. The lowest BCUT2D eigenvalue weighted by atomic mass is 9.76. The van der Waals surface area contributed by atoms with Crippen molar-refractivity contribution in [1.29, 1.82) is 0 Å². The predicted octanol–water partition coefficient (Wildman–Crippen LogP) is 4.71. The van der Waals surface area contributed by atoms with Gasteiger partial charge in [-0.05, 0) is 24.8 Å². The van der Waals surface area contributed by atoms with Crippen molar-refractivity contribution in [3.05, 3.63) is 58.0 Å². The third-order valence-corrected chi connectivity index (χ3v) is 5.93. The lowest BCUT2D eigenvalue weighted by Gasteiger charge is -2.27. The van der Waals surface area contributed by atoms with Crippen LogP contribution in [0.4, 0.5) is 0 Å². The molecule has 0 aliphatic heterocycles. The standard InChI is InChI=1S/C22H27NO3S/c1-14-5-7-16(8-6-14)13-27-10-9-23-21(25)20-15(2)19-17(24)11-22(3,4)12-18(19)26-20/h5-8H,9-13H2,1-4H3,(H,23,25). The van der Waals surface area contributed by atoms with E-state index >= 15 is 0 Å². The Bertz CT molecular complexity index is 849. The van der Waals surface area contributed by atoms with Crippen molar-refractivity contribution >= 4 is 23.5 Å². The van der Waals surface area contributed by atoms with Crippen molar-refractivity contribution in [1.82, 2.24) is 5.32 Å². The number of ketones is 1. The van der Waals surface area contributed by atoms with Gasteiger partial charge in [0.05, 0.1) is 5.56 Å². The van der Waals surface area contributed by atoms with Crippen molar-refractivity contribution in [3.8, 4) is 0 Å². The van der Waals surface area contributed by atoms with Crippen LogP contribution in [0, 0.1) is 19.3 Å². The van der Waals surface area contributed by atoms with Gasteiger partial charge in [0.2, 0.25) is 0 Å². The van der Waals surface area contributed by atoms with E-state index < -0.39 is 0 Å². The maximum Gasteiger partial charge on any atom is 0.287 e. The van der Waals surface area contributed by atoms with Crippen LogP contribution in [0.3, 0.4) is 0 Å². The molecule has 27 heavy (non-hydrogen) atoms. The van der Waals surface area contributed by atoms with Crippen molar-refractivity contribution < 1.29 is 14.0 Å². The molecule has 1 aromatic heterocycles. The lowest BCUT2D eigenvalue weighted by molar-refractivity contribution is 0.0890. The molecule has 1 aliphatic rings. The van der Waals surface area contributed by atoms with Gasteiger partial charge in [0.15, 0.2) is 11.5 Å². The number of rotatable bonds is 6. The second-order valence-electron chi connectivity index (χ2n) is 8.09. The van der Waals surface area contributed by atoms with Crippen molar-refractivity contribution in [3.63, 3.8) is 0 Å². The molecule has 1 amide bonds. The molecular weight excluding hydrogens is 358 g/mol. The molecule has 2 aromatic rings. The van der Waals surface area contributed by atoms with E-state index in [1.165, 1.54) is 11.1 Å². The normalized spacial score (nSPS) is 15.5. The number of thioether (sulfide) groups is 1. The van der Waals surface area contributed by atoms with Crippen LogP contribution in [0.1, 0.15) is 63.6 Å². The number of fused-ring (bicyclic) bond motifs is 1. The molecule has 1 aromatic carbocycles. The minimum Gasteiger partial charge on any atom is -0.455 e. The summed E-state index contributed by atoms with van der Waals surface area (Å²) < 4.78 is 5.80. The number of carbonyl (C=O) groups is 2. The summed E-state index contributed by atoms with van der Waals surface area (Å²) in [5.41, 5.74) is 3.72. The van der Waals surface area contributed by atoms with Crippen LogP contribution in [0.15, 0.2) is 28.7 Å². The molecule has 0 saturated heterocycles. The van der Waals surface area contributed by atoms with Crippen LogP contribution in [0.5, 0.6) is 0 Å². The smallest absolute Gasteiger partial charge is 0.287 e. The molecule has 0 atom stereocenters. The Morgan fingerprint density at radius 2 is 1.89 bits per heavy atom. The molecule has 0 saturated carbocycles. The van der Waals surface area contributed by atoms with Gasteiger partial charge in [-0.25, -0.2) is 0 Å². The Hall–Kier alpha value is -2.01. The fourth-order valence-electron chi connectivity index (χ4n) is 3.49. The zero-order valence-electron chi connectivity index (χ0n) is 16.5. The van der Waals surface area contributed by atoms with Gasteiger partial charge in [0.1, 0.15) is 5.76 Å². The molecule has 3 rings (SSSR count). The topological polar surface area (TPSA) is 59.3 Å². The van der Waals surface area contributed by atoms with Gasteiger partial charge >= 0.3 is 0 Å². The molecule has 0 bridgehead atoms. The highest BCUT2D eigenvalue weighted by molar-refractivity contribution is 7.98. The summed E-state index contributed by atoms with van der Waals surface area (Å²) in [6.07, 6.45) is 1.19. The Morgan fingerprint density at radius 3 is 2.59 bits per heavy atom. The summed E-state index contributed by atoms with van der Waals surface area (Å²) in [4.78, 5) is 24.9. The Labute approximate surface area is 165 Å². The number of carbonyl (C=O) groups excluding carboxylic acids is 2. The van der Waals surface area contributed by atoms with Gasteiger partial charge < -0.3 is 9.73 Å². The lowest BCUT2D eigenvalue weighted by Crippen LogP contribution is -2.26. The summed E-state index contributed by atoms with van der Waals surface area (Å²) >= 11 is 1.78. The summed E-state index contributed by atoms with van der Waals surface area (Å²) in [7, 11) is 0. The first-order chi connectivity index (χ1) is 12.8. The van der Waals surface area contributed by atoms with E-state index in [0.29, 0.717) is 36.3 Å². The fourth-order valence-corrected chi connectivity index (χ4v) is 4.31. The number of amides is 1. The molecule has 1 heterocycles. The van der Waals surface area contributed by atoms with Crippen LogP contribution < -0.4 is 5.32 Å². The van der Waals surface area contributed by atoms with E-state index in [9.17, 15) is 9.59 Å². The number of benzene rings is 1. The van der Waals surface area contributed by atoms with Crippen LogP contribution in [0.25, 0.3) is 0 Å². The van der Waals surface area contributed by atoms with Gasteiger partial charge in [0, 0.05) is 36.5 Å². The Morgan fingerprint density at radius 1 is 1.19 bits per heavy atom. The average Bonchev–Trinajstić information content (AvgIpc) is 2.91. The largest absolute Gasteiger partial charge is 0.455 e. The third-order valence-electron chi connectivity index (χ3n) is 4.90. The number of Topliss-reactive ketones (excluding diaryl/α,β-unsaturated/α-hetero) is 1. The molecule has 4 nitrogen and oxygen atoms in total. The van der Waals surface area contributed by atoms with E-state index in [4.69, 9.17) is 4.42 Å². The second-order valence-corrected chi connectivity index (χ2v) is 9.19. The molecule has 5 heteroatoms. The average molecular weight is 386 g/mol. The minimum atomic E-state index is -0.233. The predicted molar refractivity (Wildman–Crippen MR) is 110 cm³/mol. The molecule has 0 fully saturated rings. The quantitative estimate of drug-likeness (QED) is 0.731. The van der Waals surface area contributed by atoms with E-state index in [1.807, 2.05) is 0 Å². The highest BCUT2D eigenvalue weighted by atomic mass is 32.2. The molecular formula is C22H27NO3S. The van der Waals surface area contributed by atoms with Gasteiger partial charge in [-0.2, -0.15) is 11.8 Å². The van der Waals surface area contributed by atoms with E-state index in [0.717, 1.165) is 11.5 Å². The third kappa shape index (κ3) is 4.64. The molecule has 1 N–H and O–H groups in total. The van der Waals surface area contributed by atoms with Crippen molar-refractivity contribution in [2.75, 3.05) is 12.3 Å². The minimum absolute atomic E-state index is 0.0789. The zero-order chi connectivity index (χ0) is 19.6. The second kappa shape index (κ2) is 7.93. The Kier molecular flexibility index (Phi) is 5.80. The first-order valence-corrected chi connectivity index (χ1v) is 10.5. The highest BCUT2D eigenvalue weighted by Crippen LogP contribution is 2.38. The van der Waals surface area contributed by atoms with Crippen molar-refractivity contribution in [2.24, 2.45) is 5.41 Å². The monoisotopic (exact) mass is 385 g/mol. The number of nitrogens with one attached hydrogen (secondary N) is 1. The molecule has 144 valence electrons. The van der Waals surface area contributed by atoms with E-state index in [-0.39, 0.29) is 22.9 Å². The number of aryl methyl sites for hydroxylation is 1.